The predicted octanol–water partition coefficient (Wildman–Crippen LogP) is 1.14. The number of anilines is 1. The lowest BCUT2D eigenvalue weighted by Gasteiger charge is -2.60. The molecular weight excluding hydrogens is 614 g/mol. The van der Waals surface area contributed by atoms with Crippen LogP contribution in [0.25, 0.3) is 0 Å². The molecular formula is C33H44N3O11-. The van der Waals surface area contributed by atoms with E-state index in [0.717, 1.165) is 31.6 Å². The smallest absolute Gasteiger partial charge is 0.328 e. The number of carbonyl (C=O) groups excluding carboxylic acids is 3. The fourth-order valence-corrected chi connectivity index (χ4v) is 9.19. The van der Waals surface area contributed by atoms with Gasteiger partial charge in [0.1, 0.15) is 18.2 Å². The number of aliphatic hydroxyl groups excluding tert-OH is 2. The zero-order valence-corrected chi connectivity index (χ0v) is 26.8. The summed E-state index contributed by atoms with van der Waals surface area (Å²) in [5, 5.41) is 69.3. The number of methoxy groups -OCH3 is 1. The molecule has 0 aliphatic heterocycles. The number of hydrogen-bond donors (Lipinski definition) is 6. The Kier molecular flexibility index (Phi) is 9.73. The number of benzene rings is 1. The summed E-state index contributed by atoms with van der Waals surface area (Å²) in [6.45, 7) is 2.84. The van der Waals surface area contributed by atoms with E-state index in [1.54, 1.807) is 0 Å². The molecule has 1 amide bonds. The molecule has 258 valence electrons. The van der Waals surface area contributed by atoms with E-state index in [2.05, 4.69) is 17.4 Å². The van der Waals surface area contributed by atoms with Crippen LogP contribution in [-0.4, -0.2) is 87.2 Å². The molecule has 3 fully saturated rings. The zero-order valence-electron chi connectivity index (χ0n) is 26.8. The highest BCUT2D eigenvalue weighted by molar-refractivity contribution is 5.96. The van der Waals surface area contributed by atoms with E-state index >= 15 is 0 Å². The third-order valence-electron chi connectivity index (χ3n) is 11.5. The number of aliphatic hydroxyl groups is 3. The van der Waals surface area contributed by atoms with Gasteiger partial charge >= 0.3 is 5.97 Å². The van der Waals surface area contributed by atoms with E-state index in [1.165, 1.54) is 12.1 Å². The number of fused-ring (bicyclic) bond motifs is 5. The molecule has 0 aromatic heterocycles. The molecule has 3 saturated carbocycles. The minimum atomic E-state index is -1.64. The molecule has 4 aliphatic carbocycles. The van der Waals surface area contributed by atoms with E-state index in [1.807, 2.05) is 13.0 Å². The number of ether oxygens (including phenoxy) is 1. The highest BCUT2D eigenvalue weighted by Gasteiger charge is 2.68. The predicted molar refractivity (Wildman–Crippen MR) is 163 cm³/mol. The second kappa shape index (κ2) is 13.2. The standard InChI is InChI=1S/C33H45N3O11/c1-31-10-8-20(35-47-17-28(41)34-23(30(42)46-3)12-18-4-7-25(38)24(13-18)36(44)45)14-19(31)5-6-21-22-9-11-33(43,27(40)16-37)32(22,2)15-26(39)29(21)31/h4,7,13-14,21-23,26,29,37-39,43-45H,5-6,8-12,15-17H2,1-3H3,(H,34,41)/p-1/t21-,22-,23+,26-,29-,31+,32-,33+/m1/s1. The highest BCUT2D eigenvalue weighted by Crippen LogP contribution is 2.67. The van der Waals surface area contributed by atoms with Crippen molar-refractivity contribution in [1.82, 2.24) is 5.32 Å². The first-order chi connectivity index (χ1) is 22.2. The molecule has 47 heavy (non-hydrogen) atoms. The van der Waals surface area contributed by atoms with Crippen LogP contribution >= 0.6 is 0 Å². The topological polar surface area (TPSA) is 222 Å². The fourth-order valence-electron chi connectivity index (χ4n) is 9.19. The largest absolute Gasteiger partial charge is 0.871 e. The van der Waals surface area contributed by atoms with Crippen molar-refractivity contribution in [3.8, 4) is 5.75 Å². The molecule has 1 aromatic carbocycles. The number of hydrogen-bond acceptors (Lipinski definition) is 13. The van der Waals surface area contributed by atoms with Crippen molar-refractivity contribution in [2.45, 2.75) is 83.0 Å². The van der Waals surface area contributed by atoms with Crippen LogP contribution in [0.5, 0.6) is 5.75 Å². The number of rotatable bonds is 10. The van der Waals surface area contributed by atoms with Gasteiger partial charge in [0.25, 0.3) is 5.91 Å². The number of nitrogens with zero attached hydrogens (tertiary/aromatic N) is 2. The number of Topliss-reactive ketones (excluding diaryl/α,β-unsaturated/α-hetero) is 1. The molecule has 4 aliphatic rings. The monoisotopic (exact) mass is 658 g/mol. The van der Waals surface area contributed by atoms with E-state index in [4.69, 9.17) is 9.57 Å². The molecule has 14 heteroatoms. The number of amides is 1. The van der Waals surface area contributed by atoms with Crippen molar-refractivity contribution in [2.75, 3.05) is 25.6 Å². The third-order valence-corrected chi connectivity index (χ3v) is 11.5. The SMILES string of the molecule is COC(=O)[C@H](Cc1ccc([O-])c(N(O)O)c1)NC(=O)CON=C1C=C2CC[C@H]3[C@H]([C@H](O)C[C@]4(C)[C@@H]3CC[C@]4(O)C(=O)CO)[C@@]2(C)CC1. The van der Waals surface area contributed by atoms with Gasteiger partial charge in [-0.3, -0.25) is 20.0 Å². The molecule has 0 radical (unpaired) electrons. The van der Waals surface area contributed by atoms with Crippen LogP contribution < -0.4 is 15.6 Å². The van der Waals surface area contributed by atoms with Crippen LogP contribution in [0.2, 0.25) is 0 Å². The number of esters is 1. The Bertz CT molecular complexity index is 1460. The summed E-state index contributed by atoms with van der Waals surface area (Å²) in [6, 6.07) is 2.54. The van der Waals surface area contributed by atoms with Crippen LogP contribution in [0.4, 0.5) is 5.69 Å². The van der Waals surface area contributed by atoms with Gasteiger partial charge in [0.15, 0.2) is 12.4 Å². The van der Waals surface area contributed by atoms with E-state index < -0.39 is 65.5 Å². The fraction of sp³-hybridized carbons (Fsp3) is 0.636. The third kappa shape index (κ3) is 6.13. The molecule has 0 spiro atoms. The van der Waals surface area contributed by atoms with Gasteiger partial charge in [-0.1, -0.05) is 42.5 Å². The minimum absolute atomic E-state index is 0.0488. The average Bonchev–Trinajstić information content (AvgIpc) is 3.30. The molecule has 5 rings (SSSR count). The zero-order chi connectivity index (χ0) is 34.3. The lowest BCUT2D eigenvalue weighted by molar-refractivity contribution is -0.268. The molecule has 0 heterocycles. The number of allylic oxidation sites excluding steroid dienone is 2. The minimum Gasteiger partial charge on any atom is -0.871 e. The Morgan fingerprint density at radius 3 is 2.60 bits per heavy atom. The highest BCUT2D eigenvalue weighted by atomic mass is 16.8. The molecule has 8 atom stereocenters. The quantitative estimate of drug-likeness (QED) is 0.154. The molecule has 0 saturated heterocycles. The number of ketones is 1. The first-order valence-corrected chi connectivity index (χ1v) is 16.0. The molecule has 1 aromatic rings. The van der Waals surface area contributed by atoms with E-state index in [9.17, 15) is 45.2 Å². The van der Waals surface area contributed by atoms with Gasteiger partial charge in [-0.2, -0.15) is 0 Å². The van der Waals surface area contributed by atoms with E-state index in [0.29, 0.717) is 30.5 Å². The number of oxime groups is 1. The summed E-state index contributed by atoms with van der Waals surface area (Å²) in [5.74, 6) is -2.51. The molecule has 14 nitrogen and oxygen atoms in total. The Morgan fingerprint density at radius 2 is 1.91 bits per heavy atom. The summed E-state index contributed by atoms with van der Waals surface area (Å²) in [5.41, 5.74) is -1.03. The molecule has 0 bridgehead atoms. The van der Waals surface area contributed by atoms with Crippen LogP contribution in [0.1, 0.15) is 64.4 Å². The van der Waals surface area contributed by atoms with Crippen LogP contribution in [0.3, 0.4) is 0 Å². The van der Waals surface area contributed by atoms with E-state index in [-0.39, 0.29) is 47.7 Å². The molecule has 6 N–H and O–H groups in total. The van der Waals surface area contributed by atoms with Crippen LogP contribution in [0.15, 0.2) is 35.0 Å². The van der Waals surface area contributed by atoms with Gasteiger partial charge in [0.05, 0.1) is 24.6 Å². The van der Waals surface area contributed by atoms with Crippen molar-refractivity contribution in [2.24, 2.45) is 33.7 Å². The summed E-state index contributed by atoms with van der Waals surface area (Å²) in [4.78, 5) is 43.1. The summed E-state index contributed by atoms with van der Waals surface area (Å²) in [7, 11) is 1.16. The van der Waals surface area contributed by atoms with Crippen LogP contribution in [-0.2, 0) is 30.4 Å². The lowest BCUT2D eigenvalue weighted by Crippen LogP contribution is -2.62. The number of nitrogens with one attached hydrogen (secondary N) is 1. The van der Waals surface area contributed by atoms with Crippen molar-refractivity contribution in [3.63, 3.8) is 0 Å². The maximum absolute atomic E-state index is 12.7. The Labute approximate surface area is 272 Å². The van der Waals surface area contributed by atoms with Crippen molar-refractivity contribution in [3.05, 3.63) is 35.4 Å². The Morgan fingerprint density at radius 1 is 1.17 bits per heavy atom. The first kappa shape index (κ1) is 34.8. The Hall–Kier alpha value is -3.56. The van der Waals surface area contributed by atoms with Crippen molar-refractivity contribution < 1.29 is 54.8 Å². The van der Waals surface area contributed by atoms with Gasteiger partial charge in [-0.15, -0.1) is 5.23 Å². The normalized spacial score (nSPS) is 34.3. The molecule has 0 unspecified atom stereocenters. The first-order valence-electron chi connectivity index (χ1n) is 16.0. The van der Waals surface area contributed by atoms with Gasteiger partial charge in [-0.25, -0.2) is 4.79 Å². The van der Waals surface area contributed by atoms with Gasteiger partial charge in [0, 0.05) is 11.8 Å². The van der Waals surface area contributed by atoms with Crippen molar-refractivity contribution >= 4 is 29.1 Å². The van der Waals surface area contributed by atoms with Gasteiger partial charge < -0.3 is 35.3 Å². The summed E-state index contributed by atoms with van der Waals surface area (Å²) < 4.78 is 4.79. The van der Waals surface area contributed by atoms with Crippen LogP contribution in [0, 0.1) is 28.6 Å². The van der Waals surface area contributed by atoms with Gasteiger partial charge in [0.2, 0.25) is 0 Å². The maximum Gasteiger partial charge on any atom is 0.328 e. The second-order valence-corrected chi connectivity index (χ2v) is 13.9. The summed E-state index contributed by atoms with van der Waals surface area (Å²) >= 11 is 0. The van der Waals surface area contributed by atoms with Crippen molar-refractivity contribution in [1.29, 1.82) is 0 Å². The maximum atomic E-state index is 12.7. The number of carbonyl (C=O) groups is 3. The van der Waals surface area contributed by atoms with Gasteiger partial charge in [-0.05, 0) is 85.8 Å². The second-order valence-electron chi connectivity index (χ2n) is 13.9. The summed E-state index contributed by atoms with van der Waals surface area (Å²) in [6.07, 6.45) is 5.15. The Balaban J connectivity index is 1.23. The average molecular weight is 659 g/mol. The lowest BCUT2D eigenvalue weighted by atomic mass is 9.45.